The van der Waals surface area contributed by atoms with Crippen LogP contribution in [0.5, 0.6) is 0 Å². The summed E-state index contributed by atoms with van der Waals surface area (Å²) in [5, 5.41) is 2.87. The summed E-state index contributed by atoms with van der Waals surface area (Å²) in [4.78, 5) is 22.5. The standard InChI is InChI=1S/C18H24N4O/c1-3-4-8-11-19-18(23)16-12-21-17(13-20-16)22(2)14-15-9-6-5-7-10-15/h5-7,9-10,12-13H,3-4,8,11,14H2,1-2H3,(H,19,23). The van der Waals surface area contributed by atoms with Gasteiger partial charge < -0.3 is 10.2 Å². The third kappa shape index (κ3) is 5.36. The van der Waals surface area contributed by atoms with Gasteiger partial charge >= 0.3 is 0 Å². The van der Waals surface area contributed by atoms with Crippen molar-refractivity contribution in [2.24, 2.45) is 0 Å². The largest absolute Gasteiger partial charge is 0.354 e. The number of nitrogens with zero attached hydrogens (tertiary/aromatic N) is 3. The van der Waals surface area contributed by atoms with E-state index in [4.69, 9.17) is 0 Å². The van der Waals surface area contributed by atoms with Crippen LogP contribution in [0.3, 0.4) is 0 Å². The number of hydrogen-bond acceptors (Lipinski definition) is 4. The van der Waals surface area contributed by atoms with Gasteiger partial charge in [0.2, 0.25) is 0 Å². The predicted molar refractivity (Wildman–Crippen MR) is 92.4 cm³/mol. The van der Waals surface area contributed by atoms with Gasteiger partial charge in [-0.05, 0) is 12.0 Å². The highest BCUT2D eigenvalue weighted by Crippen LogP contribution is 2.11. The molecule has 0 atom stereocenters. The number of rotatable bonds is 8. The van der Waals surface area contributed by atoms with Gasteiger partial charge in [-0.1, -0.05) is 50.1 Å². The van der Waals surface area contributed by atoms with E-state index in [1.807, 2.05) is 30.1 Å². The van der Waals surface area contributed by atoms with Crippen LogP contribution in [-0.2, 0) is 6.54 Å². The van der Waals surface area contributed by atoms with Crippen LogP contribution in [0.1, 0.15) is 42.2 Å². The van der Waals surface area contributed by atoms with Gasteiger partial charge in [0.05, 0.1) is 12.4 Å². The van der Waals surface area contributed by atoms with Gasteiger partial charge in [0, 0.05) is 20.1 Å². The average Bonchev–Trinajstić information content (AvgIpc) is 2.59. The molecule has 0 saturated heterocycles. The van der Waals surface area contributed by atoms with Crippen molar-refractivity contribution in [3.63, 3.8) is 0 Å². The molecule has 0 radical (unpaired) electrons. The number of anilines is 1. The minimum atomic E-state index is -0.161. The van der Waals surface area contributed by atoms with Gasteiger partial charge in [0.1, 0.15) is 11.5 Å². The van der Waals surface area contributed by atoms with E-state index in [1.165, 1.54) is 11.8 Å². The molecule has 0 aliphatic carbocycles. The van der Waals surface area contributed by atoms with Gasteiger partial charge in [-0.25, -0.2) is 9.97 Å². The Morgan fingerprint density at radius 2 is 1.91 bits per heavy atom. The molecule has 0 spiro atoms. The molecule has 0 unspecified atom stereocenters. The zero-order valence-electron chi connectivity index (χ0n) is 13.8. The van der Waals surface area contributed by atoms with Crippen LogP contribution in [0.2, 0.25) is 0 Å². The molecule has 0 aliphatic rings. The summed E-state index contributed by atoms with van der Waals surface area (Å²) in [6.07, 6.45) is 6.43. The number of aromatic nitrogens is 2. The summed E-state index contributed by atoms with van der Waals surface area (Å²) in [6.45, 7) is 3.57. The molecule has 1 aromatic carbocycles. The van der Waals surface area contributed by atoms with Gasteiger partial charge in [-0.3, -0.25) is 4.79 Å². The molecule has 0 aliphatic heterocycles. The second-order valence-corrected chi connectivity index (χ2v) is 5.56. The topological polar surface area (TPSA) is 58.1 Å². The Balaban J connectivity index is 1.89. The first-order valence-electron chi connectivity index (χ1n) is 8.06. The van der Waals surface area contributed by atoms with Crippen LogP contribution in [-0.4, -0.2) is 29.5 Å². The first-order chi connectivity index (χ1) is 11.2. The van der Waals surface area contributed by atoms with E-state index in [-0.39, 0.29) is 5.91 Å². The number of carbonyl (C=O) groups is 1. The lowest BCUT2D eigenvalue weighted by Crippen LogP contribution is -2.26. The zero-order valence-corrected chi connectivity index (χ0v) is 13.8. The van der Waals surface area contributed by atoms with E-state index in [2.05, 4.69) is 34.3 Å². The number of amides is 1. The lowest BCUT2D eigenvalue weighted by molar-refractivity contribution is 0.0947. The van der Waals surface area contributed by atoms with Crippen molar-refractivity contribution in [3.8, 4) is 0 Å². The van der Waals surface area contributed by atoms with Crippen molar-refractivity contribution < 1.29 is 4.79 Å². The van der Waals surface area contributed by atoms with E-state index < -0.39 is 0 Å². The smallest absolute Gasteiger partial charge is 0.271 e. The Hall–Kier alpha value is -2.43. The fraction of sp³-hybridized carbons (Fsp3) is 0.389. The molecular formula is C18H24N4O. The lowest BCUT2D eigenvalue weighted by atomic mass is 10.2. The van der Waals surface area contributed by atoms with Crippen LogP contribution in [0.4, 0.5) is 5.82 Å². The lowest BCUT2D eigenvalue weighted by Gasteiger charge is -2.17. The third-order valence-corrected chi connectivity index (χ3v) is 3.59. The van der Waals surface area contributed by atoms with Crippen LogP contribution in [0.25, 0.3) is 0 Å². The number of benzene rings is 1. The van der Waals surface area contributed by atoms with Crippen molar-refractivity contribution in [2.45, 2.75) is 32.7 Å². The summed E-state index contributed by atoms with van der Waals surface area (Å²) >= 11 is 0. The normalized spacial score (nSPS) is 10.3. The number of unbranched alkanes of at least 4 members (excludes halogenated alkanes) is 2. The summed E-state index contributed by atoms with van der Waals surface area (Å²) in [5.74, 6) is 0.585. The third-order valence-electron chi connectivity index (χ3n) is 3.59. The second-order valence-electron chi connectivity index (χ2n) is 5.56. The molecule has 0 saturated carbocycles. The molecule has 122 valence electrons. The van der Waals surface area contributed by atoms with E-state index >= 15 is 0 Å². The maximum atomic E-state index is 12.0. The highest BCUT2D eigenvalue weighted by Gasteiger charge is 2.09. The Kier molecular flexibility index (Phi) is 6.54. The van der Waals surface area contributed by atoms with E-state index in [0.717, 1.165) is 31.6 Å². The number of nitrogens with one attached hydrogen (secondary N) is 1. The highest BCUT2D eigenvalue weighted by atomic mass is 16.1. The maximum absolute atomic E-state index is 12.0. The van der Waals surface area contributed by atoms with E-state index in [9.17, 15) is 4.79 Å². The molecule has 1 amide bonds. The van der Waals surface area contributed by atoms with Crippen LogP contribution in [0.15, 0.2) is 42.7 Å². The number of carbonyl (C=O) groups excluding carboxylic acids is 1. The molecule has 2 aromatic rings. The maximum Gasteiger partial charge on any atom is 0.271 e. The SMILES string of the molecule is CCCCCNC(=O)c1cnc(N(C)Cc2ccccc2)cn1. The Labute approximate surface area is 137 Å². The minimum Gasteiger partial charge on any atom is -0.354 e. The number of hydrogen-bond donors (Lipinski definition) is 1. The van der Waals surface area contributed by atoms with Gasteiger partial charge in [-0.15, -0.1) is 0 Å². The van der Waals surface area contributed by atoms with E-state index in [1.54, 1.807) is 6.20 Å². The molecule has 0 fully saturated rings. The molecule has 1 N–H and O–H groups in total. The van der Waals surface area contributed by atoms with Crippen LogP contribution < -0.4 is 10.2 Å². The van der Waals surface area contributed by atoms with Crippen molar-refractivity contribution >= 4 is 11.7 Å². The molecule has 1 aromatic heterocycles. The van der Waals surface area contributed by atoms with Gasteiger partial charge in [0.15, 0.2) is 0 Å². The van der Waals surface area contributed by atoms with Gasteiger partial charge in [0.25, 0.3) is 5.91 Å². The first-order valence-corrected chi connectivity index (χ1v) is 8.06. The molecule has 23 heavy (non-hydrogen) atoms. The van der Waals surface area contributed by atoms with Gasteiger partial charge in [-0.2, -0.15) is 0 Å². The molecule has 5 nitrogen and oxygen atoms in total. The highest BCUT2D eigenvalue weighted by molar-refractivity contribution is 5.91. The molecule has 0 bridgehead atoms. The Morgan fingerprint density at radius 3 is 2.57 bits per heavy atom. The molecule has 5 heteroatoms. The average molecular weight is 312 g/mol. The fourth-order valence-electron chi connectivity index (χ4n) is 2.24. The zero-order chi connectivity index (χ0) is 16.5. The quantitative estimate of drug-likeness (QED) is 0.761. The van der Waals surface area contributed by atoms with Crippen molar-refractivity contribution in [3.05, 3.63) is 54.0 Å². The van der Waals surface area contributed by atoms with Crippen molar-refractivity contribution in [2.75, 3.05) is 18.5 Å². The minimum absolute atomic E-state index is 0.161. The van der Waals surface area contributed by atoms with Crippen molar-refractivity contribution in [1.82, 2.24) is 15.3 Å². The van der Waals surface area contributed by atoms with Crippen LogP contribution in [0, 0.1) is 0 Å². The molecule has 2 rings (SSSR count). The van der Waals surface area contributed by atoms with E-state index in [0.29, 0.717) is 12.2 Å². The van der Waals surface area contributed by atoms with Crippen molar-refractivity contribution in [1.29, 1.82) is 0 Å². The monoisotopic (exact) mass is 312 g/mol. The molecule has 1 heterocycles. The summed E-state index contributed by atoms with van der Waals surface area (Å²) < 4.78 is 0. The Bertz CT molecular complexity index is 598. The fourth-order valence-corrected chi connectivity index (χ4v) is 2.24. The predicted octanol–water partition coefficient (Wildman–Crippen LogP) is 3.03. The first kappa shape index (κ1) is 16.9. The summed E-state index contributed by atoms with van der Waals surface area (Å²) in [5.41, 5.74) is 1.56. The molecular weight excluding hydrogens is 288 g/mol. The van der Waals surface area contributed by atoms with Crippen LogP contribution >= 0.6 is 0 Å². The Morgan fingerprint density at radius 1 is 1.13 bits per heavy atom. The summed E-state index contributed by atoms with van der Waals surface area (Å²) in [7, 11) is 1.96. The summed E-state index contributed by atoms with van der Waals surface area (Å²) in [6, 6.07) is 10.2. The second kappa shape index (κ2) is 8.88.